The molecule has 0 saturated heterocycles. The summed E-state index contributed by atoms with van der Waals surface area (Å²) in [6.07, 6.45) is 0. The molecular weight excluding hydrogens is 276 g/mol. The molecule has 5 nitrogen and oxygen atoms in total. The van der Waals surface area contributed by atoms with E-state index >= 15 is 0 Å². The van der Waals surface area contributed by atoms with E-state index in [1.54, 1.807) is 7.11 Å². The van der Waals surface area contributed by atoms with Gasteiger partial charge in [-0.1, -0.05) is 0 Å². The van der Waals surface area contributed by atoms with Crippen LogP contribution < -0.4 is 11.1 Å². The molecule has 2 aromatic rings. The number of carbonyl (C=O) groups is 1. The Morgan fingerprint density at radius 3 is 2.95 bits per heavy atom. The number of amides is 1. The van der Waals surface area contributed by atoms with Crippen LogP contribution in [-0.2, 0) is 9.47 Å². The summed E-state index contributed by atoms with van der Waals surface area (Å²) >= 11 is 1.46. The number of hydrogen-bond acceptors (Lipinski definition) is 5. The van der Waals surface area contributed by atoms with Crippen LogP contribution in [0.1, 0.15) is 9.67 Å². The SMILES string of the molecule is COCCOCCNC(=O)c1cc2cc(N)ccc2s1. The lowest BCUT2D eigenvalue weighted by Gasteiger charge is -2.04. The predicted octanol–water partition coefficient (Wildman–Crippen LogP) is 1.88. The van der Waals surface area contributed by atoms with E-state index in [1.807, 2.05) is 24.3 Å². The minimum atomic E-state index is -0.0832. The second-order valence-electron chi connectivity index (χ2n) is 4.27. The molecule has 1 amide bonds. The summed E-state index contributed by atoms with van der Waals surface area (Å²) in [5, 5.41) is 3.82. The van der Waals surface area contributed by atoms with E-state index in [1.165, 1.54) is 11.3 Å². The zero-order valence-electron chi connectivity index (χ0n) is 11.3. The molecule has 6 heteroatoms. The normalized spacial score (nSPS) is 10.8. The summed E-state index contributed by atoms with van der Waals surface area (Å²) in [5.41, 5.74) is 6.43. The zero-order valence-corrected chi connectivity index (χ0v) is 12.2. The summed E-state index contributed by atoms with van der Waals surface area (Å²) < 4.78 is 11.2. The third-order valence-corrected chi connectivity index (χ3v) is 3.84. The first-order valence-corrected chi connectivity index (χ1v) is 7.16. The van der Waals surface area contributed by atoms with Gasteiger partial charge in [0, 0.05) is 24.0 Å². The molecule has 3 N–H and O–H groups in total. The Hall–Kier alpha value is -1.63. The van der Waals surface area contributed by atoms with Gasteiger partial charge in [0.05, 0.1) is 24.7 Å². The van der Waals surface area contributed by atoms with Crippen molar-refractivity contribution in [1.29, 1.82) is 0 Å². The van der Waals surface area contributed by atoms with Crippen LogP contribution >= 0.6 is 11.3 Å². The summed E-state index contributed by atoms with van der Waals surface area (Å²) in [4.78, 5) is 12.7. The van der Waals surface area contributed by atoms with Crippen LogP contribution in [0.2, 0.25) is 0 Å². The van der Waals surface area contributed by atoms with Gasteiger partial charge in [-0.15, -0.1) is 11.3 Å². The average molecular weight is 294 g/mol. The van der Waals surface area contributed by atoms with E-state index < -0.39 is 0 Å². The maximum Gasteiger partial charge on any atom is 0.261 e. The van der Waals surface area contributed by atoms with E-state index in [4.69, 9.17) is 15.2 Å². The third-order valence-electron chi connectivity index (χ3n) is 2.73. The lowest BCUT2D eigenvalue weighted by atomic mass is 10.2. The molecule has 0 saturated carbocycles. The molecule has 2 rings (SSSR count). The number of carbonyl (C=O) groups excluding carboxylic acids is 1. The van der Waals surface area contributed by atoms with Gasteiger partial charge in [-0.25, -0.2) is 0 Å². The van der Waals surface area contributed by atoms with Crippen LogP contribution in [0.4, 0.5) is 5.69 Å². The van der Waals surface area contributed by atoms with Crippen molar-refractivity contribution in [2.24, 2.45) is 0 Å². The molecular formula is C14H18N2O3S. The number of nitrogen functional groups attached to an aromatic ring is 1. The number of nitrogens with two attached hydrogens (primary N) is 1. The first kappa shape index (κ1) is 14.8. The van der Waals surface area contributed by atoms with Gasteiger partial charge < -0.3 is 20.5 Å². The van der Waals surface area contributed by atoms with Crippen LogP contribution in [0.25, 0.3) is 10.1 Å². The summed E-state index contributed by atoms with van der Waals surface area (Å²) in [6, 6.07) is 7.50. The first-order valence-electron chi connectivity index (χ1n) is 6.34. The van der Waals surface area contributed by atoms with Crippen molar-refractivity contribution >= 4 is 33.0 Å². The Morgan fingerprint density at radius 2 is 2.15 bits per heavy atom. The van der Waals surface area contributed by atoms with E-state index in [0.717, 1.165) is 10.1 Å². The number of nitrogens with one attached hydrogen (secondary N) is 1. The Labute approximate surface area is 121 Å². The highest BCUT2D eigenvalue weighted by Gasteiger charge is 2.09. The van der Waals surface area contributed by atoms with E-state index in [2.05, 4.69) is 5.32 Å². The quantitative estimate of drug-likeness (QED) is 0.604. The Morgan fingerprint density at radius 1 is 1.30 bits per heavy atom. The number of anilines is 1. The number of benzene rings is 1. The van der Waals surface area contributed by atoms with E-state index in [0.29, 0.717) is 36.9 Å². The molecule has 0 spiro atoms. The van der Waals surface area contributed by atoms with Crippen LogP contribution in [0.5, 0.6) is 0 Å². The Kier molecular flexibility index (Phi) is 5.34. The smallest absolute Gasteiger partial charge is 0.261 e. The molecule has 108 valence electrons. The standard InChI is InChI=1S/C14H18N2O3S/c1-18-6-7-19-5-4-16-14(17)13-9-10-8-11(15)2-3-12(10)20-13/h2-3,8-9H,4-7,15H2,1H3,(H,16,17). The number of methoxy groups -OCH3 is 1. The molecule has 1 heterocycles. The van der Waals surface area contributed by atoms with Crippen LogP contribution in [0.3, 0.4) is 0 Å². The molecule has 0 aliphatic rings. The van der Waals surface area contributed by atoms with Crippen molar-refractivity contribution in [2.75, 3.05) is 39.2 Å². The van der Waals surface area contributed by atoms with E-state index in [9.17, 15) is 4.79 Å². The average Bonchev–Trinajstić information content (AvgIpc) is 2.85. The zero-order chi connectivity index (χ0) is 14.4. The fourth-order valence-corrected chi connectivity index (χ4v) is 2.70. The maximum absolute atomic E-state index is 12.0. The van der Waals surface area contributed by atoms with Gasteiger partial charge in [0.1, 0.15) is 0 Å². The summed E-state index contributed by atoms with van der Waals surface area (Å²) in [6.45, 7) is 2.06. The lowest BCUT2D eigenvalue weighted by Crippen LogP contribution is -2.26. The fraction of sp³-hybridized carbons (Fsp3) is 0.357. The van der Waals surface area contributed by atoms with Crippen molar-refractivity contribution in [3.8, 4) is 0 Å². The highest BCUT2D eigenvalue weighted by Crippen LogP contribution is 2.27. The molecule has 0 atom stereocenters. The summed E-state index contributed by atoms with van der Waals surface area (Å²) in [7, 11) is 1.62. The van der Waals surface area contributed by atoms with Crippen molar-refractivity contribution in [1.82, 2.24) is 5.32 Å². The monoisotopic (exact) mass is 294 g/mol. The minimum Gasteiger partial charge on any atom is -0.399 e. The second kappa shape index (κ2) is 7.23. The Bertz CT molecular complexity index is 583. The maximum atomic E-state index is 12.0. The van der Waals surface area contributed by atoms with Gasteiger partial charge >= 0.3 is 0 Å². The molecule has 0 radical (unpaired) electrons. The number of rotatable bonds is 7. The molecule has 0 aliphatic heterocycles. The number of fused-ring (bicyclic) bond motifs is 1. The van der Waals surface area contributed by atoms with E-state index in [-0.39, 0.29) is 5.91 Å². The minimum absolute atomic E-state index is 0.0832. The molecule has 1 aromatic carbocycles. The number of hydrogen-bond donors (Lipinski definition) is 2. The Balaban J connectivity index is 1.85. The number of ether oxygens (including phenoxy) is 2. The highest BCUT2D eigenvalue weighted by molar-refractivity contribution is 7.20. The van der Waals surface area contributed by atoms with Gasteiger partial charge in [0.2, 0.25) is 0 Å². The van der Waals surface area contributed by atoms with Gasteiger partial charge in [-0.2, -0.15) is 0 Å². The van der Waals surface area contributed by atoms with Gasteiger partial charge in [-0.05, 0) is 29.7 Å². The van der Waals surface area contributed by atoms with Crippen LogP contribution in [0.15, 0.2) is 24.3 Å². The first-order chi connectivity index (χ1) is 9.70. The topological polar surface area (TPSA) is 73.6 Å². The largest absolute Gasteiger partial charge is 0.399 e. The van der Waals surface area contributed by atoms with Gasteiger partial charge in [0.25, 0.3) is 5.91 Å². The van der Waals surface area contributed by atoms with Crippen molar-refractivity contribution < 1.29 is 14.3 Å². The van der Waals surface area contributed by atoms with Crippen molar-refractivity contribution in [2.45, 2.75) is 0 Å². The molecule has 0 unspecified atom stereocenters. The molecule has 20 heavy (non-hydrogen) atoms. The van der Waals surface area contributed by atoms with Crippen LogP contribution in [0, 0.1) is 0 Å². The van der Waals surface area contributed by atoms with Crippen molar-refractivity contribution in [3.05, 3.63) is 29.1 Å². The summed E-state index contributed by atoms with van der Waals surface area (Å²) in [5.74, 6) is -0.0832. The third kappa shape index (κ3) is 3.93. The molecule has 0 aliphatic carbocycles. The highest BCUT2D eigenvalue weighted by atomic mass is 32.1. The molecule has 0 bridgehead atoms. The van der Waals surface area contributed by atoms with Gasteiger partial charge in [0.15, 0.2) is 0 Å². The van der Waals surface area contributed by atoms with Gasteiger partial charge in [-0.3, -0.25) is 4.79 Å². The predicted molar refractivity (Wildman–Crippen MR) is 81.3 cm³/mol. The second-order valence-corrected chi connectivity index (χ2v) is 5.35. The van der Waals surface area contributed by atoms with Crippen molar-refractivity contribution in [3.63, 3.8) is 0 Å². The lowest BCUT2D eigenvalue weighted by molar-refractivity contribution is 0.0693. The molecule has 0 fully saturated rings. The van der Waals surface area contributed by atoms with Crippen LogP contribution in [-0.4, -0.2) is 39.4 Å². The number of thiophene rings is 1. The fourth-order valence-electron chi connectivity index (χ4n) is 1.74. The molecule has 1 aromatic heterocycles.